The highest BCUT2D eigenvalue weighted by Gasteiger charge is 2.36. The Morgan fingerprint density at radius 3 is 2.20 bits per heavy atom. The summed E-state index contributed by atoms with van der Waals surface area (Å²) in [6, 6.07) is 0. The molecule has 0 saturated carbocycles. The van der Waals surface area contributed by atoms with Gasteiger partial charge in [0.15, 0.2) is 22.9 Å². The molecule has 116 valence electrons. The summed E-state index contributed by atoms with van der Waals surface area (Å²) in [5, 5.41) is 0. The minimum Gasteiger partial charge on any atom is -0.415 e. The molecule has 1 aliphatic heterocycles. The second kappa shape index (κ2) is 7.66. The Kier molecular flexibility index (Phi) is 7.10. The van der Waals surface area contributed by atoms with Crippen LogP contribution in [0.4, 0.5) is 0 Å². The molecule has 4 radical (unpaired) electrons. The lowest BCUT2D eigenvalue weighted by Gasteiger charge is -2.39. The van der Waals surface area contributed by atoms with Crippen LogP contribution in [0.2, 0.25) is 45.8 Å². The summed E-state index contributed by atoms with van der Waals surface area (Å²) < 4.78 is 23.8. The Labute approximate surface area is 128 Å². The fourth-order valence-electron chi connectivity index (χ4n) is 1.72. The van der Waals surface area contributed by atoms with Gasteiger partial charge < -0.3 is 18.0 Å². The summed E-state index contributed by atoms with van der Waals surface area (Å²) in [4.78, 5) is 0. The average molecular weight is 333 g/mol. The summed E-state index contributed by atoms with van der Waals surface area (Å²) in [6.45, 7) is 15.6. The SMILES string of the molecule is C[Si]O[C@@H]1[CH][CH][C@@H](CO[Si](C)(C)C)O[C@@H]1O[Si](C)(C)C. The van der Waals surface area contributed by atoms with Crippen LogP contribution in [0.1, 0.15) is 0 Å². The molecule has 20 heavy (non-hydrogen) atoms. The van der Waals surface area contributed by atoms with Gasteiger partial charge in [0, 0.05) is 6.42 Å². The first-order valence-corrected chi connectivity index (χ1v) is 15.3. The summed E-state index contributed by atoms with van der Waals surface area (Å²) >= 11 is 0. The van der Waals surface area contributed by atoms with E-state index in [2.05, 4.69) is 45.7 Å². The fourth-order valence-corrected chi connectivity index (χ4v) is 3.73. The van der Waals surface area contributed by atoms with Gasteiger partial charge in [-0.3, -0.25) is 0 Å². The molecule has 4 nitrogen and oxygen atoms in total. The molecule has 7 heteroatoms. The van der Waals surface area contributed by atoms with Gasteiger partial charge in [0.25, 0.3) is 0 Å². The van der Waals surface area contributed by atoms with E-state index < -0.39 is 16.6 Å². The first-order valence-electron chi connectivity index (χ1n) is 7.09. The van der Waals surface area contributed by atoms with Crippen molar-refractivity contribution in [1.82, 2.24) is 0 Å². The fraction of sp³-hybridized carbons (Fsp3) is 0.846. The zero-order valence-corrected chi connectivity index (χ0v) is 16.7. The average Bonchev–Trinajstić information content (AvgIpc) is 2.26. The van der Waals surface area contributed by atoms with Gasteiger partial charge in [0.2, 0.25) is 9.76 Å². The van der Waals surface area contributed by atoms with Crippen LogP contribution in [0.3, 0.4) is 0 Å². The molecular weight excluding hydrogens is 304 g/mol. The minimum atomic E-state index is -1.67. The van der Waals surface area contributed by atoms with Crippen LogP contribution in [0.15, 0.2) is 0 Å². The summed E-state index contributed by atoms with van der Waals surface area (Å²) in [6.07, 6.45) is 3.64. The van der Waals surface area contributed by atoms with E-state index in [0.29, 0.717) is 16.4 Å². The van der Waals surface area contributed by atoms with Crippen LogP contribution < -0.4 is 0 Å². The van der Waals surface area contributed by atoms with Crippen molar-refractivity contribution >= 4 is 26.4 Å². The Morgan fingerprint density at radius 2 is 1.70 bits per heavy atom. The van der Waals surface area contributed by atoms with Crippen molar-refractivity contribution in [2.75, 3.05) is 6.61 Å². The monoisotopic (exact) mass is 332 g/mol. The van der Waals surface area contributed by atoms with Crippen molar-refractivity contribution in [2.45, 2.75) is 64.3 Å². The molecule has 0 aromatic heterocycles. The van der Waals surface area contributed by atoms with Crippen LogP contribution in [0.25, 0.3) is 0 Å². The van der Waals surface area contributed by atoms with Crippen molar-refractivity contribution in [3.05, 3.63) is 12.8 Å². The minimum absolute atomic E-state index is 0.0388. The standard InChI is InChI=1S/C13H28O4Si3/c1-18-16-12-9-8-11(10-14-19(2,3)4)15-13(12)17-20(5,6)7/h8-9,11-13H,10H2,1-7H3/t11-,12+,13+/m0/s1. The third-order valence-electron chi connectivity index (χ3n) is 2.50. The highest BCUT2D eigenvalue weighted by Crippen LogP contribution is 2.25. The Balaban J connectivity index is 2.55. The van der Waals surface area contributed by atoms with E-state index in [1.165, 1.54) is 0 Å². The maximum absolute atomic E-state index is 6.11. The van der Waals surface area contributed by atoms with Crippen LogP contribution in [-0.2, 0) is 18.0 Å². The maximum atomic E-state index is 6.11. The summed E-state index contributed by atoms with van der Waals surface area (Å²) in [5.41, 5.74) is 0. The normalized spacial score (nSPS) is 28.6. The van der Waals surface area contributed by atoms with Gasteiger partial charge in [0.1, 0.15) is 0 Å². The molecule has 0 aliphatic carbocycles. The van der Waals surface area contributed by atoms with E-state index in [0.717, 1.165) is 0 Å². The zero-order chi connectivity index (χ0) is 15.4. The van der Waals surface area contributed by atoms with Gasteiger partial charge in [0.05, 0.1) is 18.8 Å². The van der Waals surface area contributed by atoms with Crippen molar-refractivity contribution in [1.29, 1.82) is 0 Å². The molecule has 1 rings (SSSR count). The van der Waals surface area contributed by atoms with Crippen LogP contribution in [-0.4, -0.2) is 51.5 Å². The Morgan fingerprint density at radius 1 is 1.05 bits per heavy atom. The van der Waals surface area contributed by atoms with E-state index in [9.17, 15) is 0 Å². The zero-order valence-electron chi connectivity index (χ0n) is 13.7. The first-order chi connectivity index (χ1) is 9.11. The molecule has 0 aromatic carbocycles. The van der Waals surface area contributed by atoms with Crippen LogP contribution in [0, 0.1) is 12.8 Å². The van der Waals surface area contributed by atoms with Crippen LogP contribution >= 0.6 is 0 Å². The van der Waals surface area contributed by atoms with Crippen molar-refractivity contribution in [3.63, 3.8) is 0 Å². The summed E-state index contributed by atoms with van der Waals surface area (Å²) in [5.74, 6) is 0. The molecule has 1 fully saturated rings. The predicted octanol–water partition coefficient (Wildman–Crippen LogP) is 2.88. The van der Waals surface area contributed by atoms with Gasteiger partial charge in [-0.1, -0.05) is 0 Å². The molecule has 1 saturated heterocycles. The molecule has 1 aliphatic rings. The quantitative estimate of drug-likeness (QED) is 0.672. The second-order valence-corrected chi connectivity index (χ2v) is 16.5. The van der Waals surface area contributed by atoms with Gasteiger partial charge in [-0.05, 0) is 52.2 Å². The summed E-state index contributed by atoms with van der Waals surface area (Å²) in [7, 11) is -2.77. The van der Waals surface area contributed by atoms with Crippen molar-refractivity contribution < 1.29 is 18.0 Å². The van der Waals surface area contributed by atoms with E-state index in [4.69, 9.17) is 18.0 Å². The number of hydrogen-bond acceptors (Lipinski definition) is 4. The molecule has 0 amide bonds. The molecule has 0 unspecified atom stereocenters. The van der Waals surface area contributed by atoms with Crippen LogP contribution in [0.5, 0.6) is 0 Å². The first kappa shape index (κ1) is 18.5. The van der Waals surface area contributed by atoms with E-state index in [1.807, 2.05) is 13.0 Å². The largest absolute Gasteiger partial charge is 0.415 e. The topological polar surface area (TPSA) is 36.9 Å². The van der Waals surface area contributed by atoms with E-state index >= 15 is 0 Å². The molecule has 3 atom stereocenters. The van der Waals surface area contributed by atoms with Gasteiger partial charge in [-0.2, -0.15) is 0 Å². The highest BCUT2D eigenvalue weighted by atomic mass is 28.4. The predicted molar refractivity (Wildman–Crippen MR) is 87.5 cm³/mol. The smallest absolute Gasteiger partial charge is 0.226 e. The number of rotatable bonds is 7. The molecule has 1 heterocycles. The maximum Gasteiger partial charge on any atom is 0.226 e. The molecule has 0 aromatic rings. The molecule has 0 spiro atoms. The third kappa shape index (κ3) is 7.49. The third-order valence-corrected chi connectivity index (χ3v) is 4.98. The lowest BCUT2D eigenvalue weighted by atomic mass is 10.1. The number of ether oxygens (including phenoxy) is 1. The van der Waals surface area contributed by atoms with Gasteiger partial charge in [-0.25, -0.2) is 0 Å². The van der Waals surface area contributed by atoms with Gasteiger partial charge >= 0.3 is 0 Å². The molecule has 0 N–H and O–H groups in total. The van der Waals surface area contributed by atoms with E-state index in [1.54, 1.807) is 0 Å². The second-order valence-electron chi connectivity index (χ2n) is 6.87. The number of hydrogen-bond donors (Lipinski definition) is 0. The lowest BCUT2D eigenvalue weighted by Crippen LogP contribution is -2.49. The molecular formula is C13H28O4Si3. The van der Waals surface area contributed by atoms with Crippen molar-refractivity contribution in [2.24, 2.45) is 0 Å². The van der Waals surface area contributed by atoms with E-state index in [-0.39, 0.29) is 18.5 Å². The Bertz CT molecular complexity index is 288. The lowest BCUT2D eigenvalue weighted by molar-refractivity contribution is -0.174. The highest BCUT2D eigenvalue weighted by molar-refractivity contribution is 6.70. The van der Waals surface area contributed by atoms with Gasteiger partial charge in [-0.15, -0.1) is 0 Å². The molecule has 0 bridgehead atoms. The Hall–Kier alpha value is 0.491. The van der Waals surface area contributed by atoms with Crippen molar-refractivity contribution in [3.8, 4) is 0 Å².